The Balaban J connectivity index is 2.49. The van der Waals surface area contributed by atoms with Gasteiger partial charge >= 0.3 is 0 Å². The first kappa shape index (κ1) is 14.5. The number of benzene rings is 1. The van der Waals surface area contributed by atoms with Crippen LogP contribution in [0.15, 0.2) is 22.7 Å². The van der Waals surface area contributed by atoms with Crippen molar-refractivity contribution in [2.24, 2.45) is 0 Å². The van der Waals surface area contributed by atoms with Crippen LogP contribution < -0.4 is 0 Å². The van der Waals surface area contributed by atoms with Gasteiger partial charge in [-0.25, -0.2) is 8.78 Å². The van der Waals surface area contributed by atoms with Crippen LogP contribution in [0.25, 0.3) is 0 Å². The molecule has 0 nitrogen and oxygen atoms in total. The molecule has 0 fully saturated rings. The first-order valence-electron chi connectivity index (χ1n) is 4.63. The Hall–Kier alpha value is 0.130. The molecule has 0 bridgehead atoms. The van der Waals surface area contributed by atoms with Crippen molar-refractivity contribution >= 4 is 62.1 Å². The van der Waals surface area contributed by atoms with Gasteiger partial charge in [0.2, 0.25) is 0 Å². The van der Waals surface area contributed by atoms with Gasteiger partial charge in [0.1, 0.15) is 11.6 Å². The first-order chi connectivity index (χ1) is 8.40. The van der Waals surface area contributed by atoms with E-state index in [4.69, 9.17) is 34.8 Å². The van der Waals surface area contributed by atoms with Crippen molar-refractivity contribution in [3.8, 4) is 0 Å². The lowest BCUT2D eigenvalue weighted by Crippen LogP contribution is -1.98. The lowest BCUT2D eigenvalue weighted by molar-refractivity contribution is 0.582. The molecule has 96 valence electrons. The number of halogens is 6. The van der Waals surface area contributed by atoms with E-state index in [1.165, 1.54) is 0 Å². The quantitative estimate of drug-likeness (QED) is 0.408. The summed E-state index contributed by atoms with van der Waals surface area (Å²) in [7, 11) is 0. The highest BCUT2D eigenvalue weighted by Crippen LogP contribution is 2.41. The lowest BCUT2D eigenvalue weighted by Gasteiger charge is -2.11. The van der Waals surface area contributed by atoms with E-state index in [-0.39, 0.29) is 10.0 Å². The van der Waals surface area contributed by atoms with Crippen LogP contribution in [-0.4, -0.2) is 0 Å². The smallest absolute Gasteiger partial charge is 0.137 e. The van der Waals surface area contributed by atoms with Gasteiger partial charge in [0.05, 0.1) is 18.5 Å². The summed E-state index contributed by atoms with van der Waals surface area (Å²) in [4.78, 5) is 0. The van der Waals surface area contributed by atoms with Gasteiger partial charge in [-0.1, -0.05) is 23.2 Å². The van der Waals surface area contributed by atoms with Crippen LogP contribution in [0, 0.1) is 11.6 Å². The van der Waals surface area contributed by atoms with Gasteiger partial charge in [-0.3, -0.25) is 0 Å². The minimum atomic E-state index is -0.885. The molecule has 0 saturated heterocycles. The van der Waals surface area contributed by atoms with Crippen LogP contribution in [0.4, 0.5) is 8.78 Å². The van der Waals surface area contributed by atoms with Crippen molar-refractivity contribution in [2.75, 3.05) is 0 Å². The summed E-state index contributed by atoms with van der Waals surface area (Å²) in [6.07, 6.45) is 0. The lowest BCUT2D eigenvalue weighted by atomic mass is 10.1. The Bertz CT molecular complexity index is 600. The molecule has 1 unspecified atom stereocenters. The largest absolute Gasteiger partial charge is 0.207 e. The molecule has 1 aromatic carbocycles. The van der Waals surface area contributed by atoms with Crippen molar-refractivity contribution in [3.05, 3.63) is 54.1 Å². The summed E-state index contributed by atoms with van der Waals surface area (Å²) in [6.45, 7) is 0. The second-order valence-electron chi connectivity index (χ2n) is 3.43. The van der Waals surface area contributed by atoms with Crippen LogP contribution in [0.5, 0.6) is 0 Å². The zero-order chi connectivity index (χ0) is 13.4. The Morgan fingerprint density at radius 1 is 1.06 bits per heavy atom. The van der Waals surface area contributed by atoms with E-state index in [1.54, 1.807) is 6.07 Å². The molecular weight excluding hydrogens is 388 g/mol. The van der Waals surface area contributed by atoms with Gasteiger partial charge in [0, 0.05) is 11.1 Å². The highest BCUT2D eigenvalue weighted by molar-refractivity contribution is 9.10. The number of hydrogen-bond donors (Lipinski definition) is 0. The average molecular weight is 392 g/mol. The summed E-state index contributed by atoms with van der Waals surface area (Å²) in [5.74, 6) is -1.20. The maximum Gasteiger partial charge on any atom is 0.137 e. The topological polar surface area (TPSA) is 0 Å². The second-order valence-corrected chi connectivity index (χ2v) is 7.01. The number of alkyl halides is 1. The molecule has 2 aromatic rings. The van der Waals surface area contributed by atoms with Crippen molar-refractivity contribution in [2.45, 2.75) is 5.38 Å². The van der Waals surface area contributed by atoms with Crippen LogP contribution >= 0.6 is 62.1 Å². The molecule has 0 spiro atoms. The molecule has 0 aliphatic rings. The van der Waals surface area contributed by atoms with Crippen LogP contribution in [0.3, 0.4) is 0 Å². The van der Waals surface area contributed by atoms with E-state index < -0.39 is 17.0 Å². The fourth-order valence-electron chi connectivity index (χ4n) is 1.43. The number of hydrogen-bond acceptors (Lipinski definition) is 1. The van der Waals surface area contributed by atoms with Crippen LogP contribution in [-0.2, 0) is 0 Å². The minimum Gasteiger partial charge on any atom is -0.207 e. The van der Waals surface area contributed by atoms with Crippen molar-refractivity contribution in [1.29, 1.82) is 0 Å². The fraction of sp³-hybridized carbons (Fsp3) is 0.0909. The molecule has 18 heavy (non-hydrogen) atoms. The number of rotatable bonds is 2. The summed E-state index contributed by atoms with van der Waals surface area (Å²) >= 11 is 21.9. The van der Waals surface area contributed by atoms with Crippen molar-refractivity contribution in [1.82, 2.24) is 0 Å². The van der Waals surface area contributed by atoms with Crippen LogP contribution in [0.2, 0.25) is 8.67 Å². The van der Waals surface area contributed by atoms with Gasteiger partial charge in [0.25, 0.3) is 0 Å². The highest BCUT2D eigenvalue weighted by Gasteiger charge is 2.21. The minimum absolute atomic E-state index is 0.0220. The van der Waals surface area contributed by atoms with Gasteiger partial charge in [0.15, 0.2) is 0 Å². The summed E-state index contributed by atoms with van der Waals surface area (Å²) in [5, 5.41) is -0.885. The third-order valence-corrected chi connectivity index (χ3v) is 4.86. The molecule has 0 N–H and O–H groups in total. The molecule has 0 amide bonds. The van der Waals surface area contributed by atoms with Gasteiger partial charge < -0.3 is 0 Å². The molecule has 7 heteroatoms. The maximum atomic E-state index is 13.8. The zero-order valence-corrected chi connectivity index (χ0v) is 13.2. The zero-order valence-electron chi connectivity index (χ0n) is 8.49. The summed E-state index contributed by atoms with van der Waals surface area (Å²) < 4.78 is 28.0. The summed E-state index contributed by atoms with van der Waals surface area (Å²) in [6, 6.07) is 3.62. The monoisotopic (exact) mass is 390 g/mol. The Morgan fingerprint density at radius 2 is 1.72 bits per heavy atom. The van der Waals surface area contributed by atoms with Gasteiger partial charge in [-0.2, -0.15) is 0 Å². The van der Waals surface area contributed by atoms with E-state index in [0.29, 0.717) is 14.2 Å². The van der Waals surface area contributed by atoms with E-state index in [9.17, 15) is 8.78 Å². The SMILES string of the molecule is Fc1cc(C(Cl)c2cc(Cl)sc2Cl)c(F)cc1Br. The Kier molecular flexibility index (Phi) is 4.55. The third-order valence-electron chi connectivity index (χ3n) is 2.27. The van der Waals surface area contributed by atoms with E-state index >= 15 is 0 Å². The first-order valence-corrected chi connectivity index (χ1v) is 7.43. The predicted molar refractivity (Wildman–Crippen MR) is 76.1 cm³/mol. The third kappa shape index (κ3) is 2.83. The summed E-state index contributed by atoms with van der Waals surface area (Å²) in [5.41, 5.74) is 0.489. The average Bonchev–Trinajstić information content (AvgIpc) is 2.62. The molecule has 2 rings (SSSR count). The van der Waals surface area contributed by atoms with E-state index in [0.717, 1.165) is 23.5 Å². The molecule has 1 heterocycles. The standard InChI is InChI=1S/C11H4BrCl3F2S/c12-6-3-7(16)4(1-8(6)17)10(14)5-2-9(13)18-11(5)15/h1-3,10H. The van der Waals surface area contributed by atoms with E-state index in [2.05, 4.69) is 15.9 Å². The second kappa shape index (κ2) is 5.63. The predicted octanol–water partition coefficient (Wildman–Crippen LogP) is 6.42. The Morgan fingerprint density at radius 3 is 2.28 bits per heavy atom. The Labute approximate surface area is 130 Å². The van der Waals surface area contributed by atoms with Crippen LogP contribution in [0.1, 0.15) is 16.5 Å². The van der Waals surface area contributed by atoms with Gasteiger partial charge in [-0.15, -0.1) is 22.9 Å². The maximum absolute atomic E-state index is 13.8. The van der Waals surface area contributed by atoms with Gasteiger partial charge in [-0.05, 0) is 34.1 Å². The normalized spacial score (nSPS) is 12.8. The highest BCUT2D eigenvalue weighted by atomic mass is 79.9. The molecular formula is C11H4BrCl3F2S. The molecule has 0 aliphatic heterocycles. The molecule has 0 saturated carbocycles. The molecule has 1 aromatic heterocycles. The number of thiophene rings is 1. The molecule has 0 aliphatic carbocycles. The van der Waals surface area contributed by atoms with Crippen molar-refractivity contribution in [3.63, 3.8) is 0 Å². The molecule has 1 atom stereocenters. The fourth-order valence-corrected chi connectivity index (χ4v) is 3.73. The van der Waals surface area contributed by atoms with E-state index in [1.807, 2.05) is 0 Å². The van der Waals surface area contributed by atoms with Crippen molar-refractivity contribution < 1.29 is 8.78 Å². The molecule has 0 radical (unpaired) electrons.